The van der Waals surface area contributed by atoms with Crippen molar-refractivity contribution < 1.29 is 19.2 Å². The SMILES string of the molecule is Cc1ccc([N+](=O)[O-])c(Oc2ccc(F)cc2C(C)O)c1. The number of aryl methyl sites for hydroxylation is 1. The summed E-state index contributed by atoms with van der Waals surface area (Å²) >= 11 is 0. The van der Waals surface area contributed by atoms with E-state index in [1.807, 2.05) is 0 Å². The average molecular weight is 291 g/mol. The van der Waals surface area contributed by atoms with Gasteiger partial charge in [-0.15, -0.1) is 0 Å². The zero-order chi connectivity index (χ0) is 15.6. The molecule has 0 saturated carbocycles. The second-order valence-electron chi connectivity index (χ2n) is 4.69. The van der Waals surface area contributed by atoms with E-state index < -0.39 is 16.8 Å². The predicted octanol–water partition coefficient (Wildman–Crippen LogP) is 3.89. The Labute approximate surface area is 120 Å². The molecular formula is C15H14FNO4. The molecule has 0 amide bonds. The van der Waals surface area contributed by atoms with E-state index in [1.54, 1.807) is 13.0 Å². The van der Waals surface area contributed by atoms with E-state index in [4.69, 9.17) is 4.74 Å². The van der Waals surface area contributed by atoms with Crippen LogP contribution in [0.3, 0.4) is 0 Å². The molecule has 1 unspecified atom stereocenters. The van der Waals surface area contributed by atoms with Crippen LogP contribution in [0, 0.1) is 22.9 Å². The van der Waals surface area contributed by atoms with Crippen molar-refractivity contribution in [3.05, 3.63) is 63.5 Å². The minimum absolute atomic E-state index is 0.0495. The highest BCUT2D eigenvalue weighted by atomic mass is 19.1. The first-order chi connectivity index (χ1) is 9.88. The van der Waals surface area contributed by atoms with E-state index in [0.717, 1.165) is 11.6 Å². The minimum Gasteiger partial charge on any atom is -0.450 e. The van der Waals surface area contributed by atoms with Gasteiger partial charge in [-0.05, 0) is 43.7 Å². The van der Waals surface area contributed by atoms with Crippen molar-refractivity contribution in [3.63, 3.8) is 0 Å². The Hall–Kier alpha value is -2.47. The van der Waals surface area contributed by atoms with Crippen LogP contribution in [0.5, 0.6) is 11.5 Å². The molecule has 0 saturated heterocycles. The minimum atomic E-state index is -0.959. The monoisotopic (exact) mass is 291 g/mol. The summed E-state index contributed by atoms with van der Waals surface area (Å²) in [7, 11) is 0. The van der Waals surface area contributed by atoms with Crippen LogP contribution in [0.1, 0.15) is 24.2 Å². The van der Waals surface area contributed by atoms with Gasteiger partial charge in [-0.3, -0.25) is 10.1 Å². The second-order valence-corrected chi connectivity index (χ2v) is 4.69. The van der Waals surface area contributed by atoms with Crippen LogP contribution in [0.15, 0.2) is 36.4 Å². The number of nitrogens with zero attached hydrogens (tertiary/aromatic N) is 1. The fraction of sp³-hybridized carbons (Fsp3) is 0.200. The highest BCUT2D eigenvalue weighted by Gasteiger charge is 2.18. The number of ether oxygens (including phenoxy) is 1. The number of nitro groups is 1. The summed E-state index contributed by atoms with van der Waals surface area (Å²) in [5, 5.41) is 20.7. The van der Waals surface area contributed by atoms with Crippen LogP contribution in [-0.2, 0) is 0 Å². The molecule has 6 heteroatoms. The van der Waals surface area contributed by atoms with Gasteiger partial charge in [0.15, 0.2) is 0 Å². The summed E-state index contributed by atoms with van der Waals surface area (Å²) in [6.45, 7) is 3.24. The van der Waals surface area contributed by atoms with Gasteiger partial charge in [-0.1, -0.05) is 6.07 Å². The number of nitro benzene ring substituents is 1. The third-order valence-corrected chi connectivity index (χ3v) is 2.95. The van der Waals surface area contributed by atoms with Crippen molar-refractivity contribution in [1.82, 2.24) is 0 Å². The number of aliphatic hydroxyl groups excluding tert-OH is 1. The molecule has 0 bridgehead atoms. The smallest absolute Gasteiger partial charge is 0.311 e. The Morgan fingerprint density at radius 3 is 2.57 bits per heavy atom. The molecule has 0 aliphatic carbocycles. The summed E-state index contributed by atoms with van der Waals surface area (Å²) in [4.78, 5) is 10.5. The van der Waals surface area contributed by atoms with Gasteiger partial charge in [0, 0.05) is 11.6 Å². The first kappa shape index (κ1) is 14.9. The maximum absolute atomic E-state index is 13.2. The first-order valence-electron chi connectivity index (χ1n) is 6.29. The van der Waals surface area contributed by atoms with Crippen LogP contribution in [0.25, 0.3) is 0 Å². The number of benzene rings is 2. The predicted molar refractivity (Wildman–Crippen MR) is 74.9 cm³/mol. The largest absolute Gasteiger partial charge is 0.450 e. The molecule has 5 nitrogen and oxygen atoms in total. The molecule has 2 aromatic carbocycles. The van der Waals surface area contributed by atoms with Crippen LogP contribution in [0.4, 0.5) is 10.1 Å². The maximum Gasteiger partial charge on any atom is 0.311 e. The molecule has 0 fully saturated rings. The normalized spacial score (nSPS) is 12.0. The van der Waals surface area contributed by atoms with Crippen molar-refractivity contribution in [1.29, 1.82) is 0 Å². The molecule has 0 aliphatic heterocycles. The van der Waals surface area contributed by atoms with Crippen LogP contribution >= 0.6 is 0 Å². The van der Waals surface area contributed by atoms with Gasteiger partial charge < -0.3 is 9.84 Å². The standard InChI is InChI=1S/C15H14FNO4/c1-9-3-5-13(17(19)20)15(7-9)21-14-6-4-11(16)8-12(14)10(2)18/h3-8,10,18H,1-2H3. The Kier molecular flexibility index (Phi) is 4.18. The molecule has 1 atom stereocenters. The number of rotatable bonds is 4. The molecule has 1 N–H and O–H groups in total. The Morgan fingerprint density at radius 2 is 1.95 bits per heavy atom. The van der Waals surface area contributed by atoms with Gasteiger partial charge in [-0.2, -0.15) is 0 Å². The van der Waals surface area contributed by atoms with Crippen LogP contribution in [0.2, 0.25) is 0 Å². The summed E-state index contributed by atoms with van der Waals surface area (Å²) in [5.41, 5.74) is 0.823. The van der Waals surface area contributed by atoms with E-state index in [2.05, 4.69) is 0 Å². The number of hydrogen-bond donors (Lipinski definition) is 1. The lowest BCUT2D eigenvalue weighted by molar-refractivity contribution is -0.385. The van der Waals surface area contributed by atoms with Crippen LogP contribution in [-0.4, -0.2) is 10.0 Å². The van der Waals surface area contributed by atoms with Crippen LogP contribution < -0.4 is 4.74 Å². The second kappa shape index (κ2) is 5.88. The van der Waals surface area contributed by atoms with Gasteiger partial charge >= 0.3 is 5.69 Å². The number of aliphatic hydroxyl groups is 1. The van der Waals surface area contributed by atoms with Gasteiger partial charge in [0.25, 0.3) is 0 Å². The van der Waals surface area contributed by atoms with Crippen molar-refractivity contribution in [2.45, 2.75) is 20.0 Å². The third-order valence-electron chi connectivity index (χ3n) is 2.95. The van der Waals surface area contributed by atoms with Gasteiger partial charge in [0.1, 0.15) is 11.6 Å². The van der Waals surface area contributed by atoms with E-state index in [-0.39, 0.29) is 22.7 Å². The van der Waals surface area contributed by atoms with E-state index in [9.17, 15) is 19.6 Å². The molecule has 0 heterocycles. The third kappa shape index (κ3) is 3.35. The average Bonchev–Trinajstić information content (AvgIpc) is 2.40. The molecule has 0 aliphatic rings. The molecule has 2 aromatic rings. The van der Waals surface area contributed by atoms with E-state index in [0.29, 0.717) is 0 Å². The Balaban J connectivity index is 2.47. The molecule has 0 spiro atoms. The fourth-order valence-corrected chi connectivity index (χ4v) is 1.91. The summed E-state index contributed by atoms with van der Waals surface area (Å²) < 4.78 is 18.8. The van der Waals surface area contributed by atoms with Crippen molar-refractivity contribution >= 4 is 5.69 Å². The summed E-state index contributed by atoms with van der Waals surface area (Å²) in [6.07, 6.45) is -0.959. The van der Waals surface area contributed by atoms with E-state index in [1.165, 1.54) is 31.2 Å². The Morgan fingerprint density at radius 1 is 1.24 bits per heavy atom. The highest BCUT2D eigenvalue weighted by Crippen LogP contribution is 2.35. The van der Waals surface area contributed by atoms with Crippen molar-refractivity contribution in [2.75, 3.05) is 0 Å². The molecule has 2 rings (SSSR count). The lowest BCUT2D eigenvalue weighted by Gasteiger charge is -2.13. The van der Waals surface area contributed by atoms with Gasteiger partial charge in [0.2, 0.25) is 5.75 Å². The molecular weight excluding hydrogens is 277 g/mol. The first-order valence-corrected chi connectivity index (χ1v) is 6.29. The molecule has 110 valence electrons. The summed E-state index contributed by atoms with van der Waals surface area (Å²) in [5.74, 6) is -0.286. The van der Waals surface area contributed by atoms with E-state index >= 15 is 0 Å². The maximum atomic E-state index is 13.2. The van der Waals surface area contributed by atoms with Crippen molar-refractivity contribution in [2.24, 2.45) is 0 Å². The quantitative estimate of drug-likeness (QED) is 0.685. The zero-order valence-electron chi connectivity index (χ0n) is 11.5. The highest BCUT2D eigenvalue weighted by molar-refractivity contribution is 5.51. The molecule has 0 radical (unpaired) electrons. The topological polar surface area (TPSA) is 72.6 Å². The summed E-state index contributed by atoms with van der Waals surface area (Å²) in [6, 6.07) is 8.11. The van der Waals surface area contributed by atoms with Crippen molar-refractivity contribution in [3.8, 4) is 11.5 Å². The molecule has 0 aromatic heterocycles. The lowest BCUT2D eigenvalue weighted by atomic mass is 10.1. The number of halogens is 1. The Bertz CT molecular complexity index is 685. The van der Waals surface area contributed by atoms with Gasteiger partial charge in [-0.25, -0.2) is 4.39 Å². The lowest BCUT2D eigenvalue weighted by Crippen LogP contribution is -1.99. The molecule has 21 heavy (non-hydrogen) atoms. The van der Waals surface area contributed by atoms with Gasteiger partial charge in [0.05, 0.1) is 11.0 Å². The zero-order valence-corrected chi connectivity index (χ0v) is 11.5. The number of hydrogen-bond acceptors (Lipinski definition) is 4. The fourth-order valence-electron chi connectivity index (χ4n) is 1.91.